The lowest BCUT2D eigenvalue weighted by Gasteiger charge is -2.27. The molecule has 1 aromatic rings. The van der Waals surface area contributed by atoms with Gasteiger partial charge in [0.15, 0.2) is 0 Å². The molecule has 1 saturated heterocycles. The van der Waals surface area contributed by atoms with Crippen molar-refractivity contribution in [2.45, 2.75) is 27.2 Å². The van der Waals surface area contributed by atoms with Gasteiger partial charge in [-0.15, -0.1) is 0 Å². The monoisotopic (exact) mass is 306 g/mol. The van der Waals surface area contributed by atoms with Crippen LogP contribution in [0.15, 0.2) is 22.7 Å². The fourth-order valence-corrected chi connectivity index (χ4v) is 2.92. The first-order valence-electron chi connectivity index (χ1n) is 6.36. The van der Waals surface area contributed by atoms with Crippen LogP contribution in [0.3, 0.4) is 0 Å². The number of benzene rings is 1. The van der Waals surface area contributed by atoms with Crippen LogP contribution < -0.4 is 4.90 Å². The summed E-state index contributed by atoms with van der Waals surface area (Å²) >= 11 is 3.42. The maximum Gasteiger partial charge on any atom is 0.101 e. The van der Waals surface area contributed by atoms with Crippen LogP contribution in [0.5, 0.6) is 0 Å². The van der Waals surface area contributed by atoms with Gasteiger partial charge in [0, 0.05) is 17.6 Å². The molecule has 0 N–H and O–H groups in total. The third-order valence-corrected chi connectivity index (χ3v) is 4.33. The standard InChI is InChI=1S/C15H19BrN2/c1-15(2,3)12-6-7-18(10-12)14-5-4-13(16)8-11(14)9-17/h4-5,8,12H,6-7,10H2,1-3H3. The normalized spacial score (nSPS) is 19.9. The minimum atomic E-state index is 0.344. The largest absolute Gasteiger partial charge is 0.370 e. The summed E-state index contributed by atoms with van der Waals surface area (Å²) in [5.74, 6) is 0.702. The molecule has 0 aromatic heterocycles. The summed E-state index contributed by atoms with van der Waals surface area (Å²) in [5, 5.41) is 9.23. The van der Waals surface area contributed by atoms with Crippen LogP contribution in [0.25, 0.3) is 0 Å². The summed E-state index contributed by atoms with van der Waals surface area (Å²) in [6.45, 7) is 9.01. The highest BCUT2D eigenvalue weighted by molar-refractivity contribution is 9.10. The Hall–Kier alpha value is -1.01. The van der Waals surface area contributed by atoms with E-state index in [1.807, 2.05) is 18.2 Å². The van der Waals surface area contributed by atoms with Crippen molar-refractivity contribution in [3.8, 4) is 6.07 Å². The molecule has 0 radical (unpaired) electrons. The van der Waals surface area contributed by atoms with E-state index in [1.165, 1.54) is 6.42 Å². The van der Waals surface area contributed by atoms with E-state index in [1.54, 1.807) is 0 Å². The van der Waals surface area contributed by atoms with Gasteiger partial charge in [-0.2, -0.15) is 5.26 Å². The van der Waals surface area contributed by atoms with Gasteiger partial charge in [0.05, 0.1) is 11.3 Å². The Kier molecular flexibility index (Phi) is 3.68. The molecule has 0 saturated carbocycles. The second-order valence-electron chi connectivity index (χ2n) is 6.07. The van der Waals surface area contributed by atoms with E-state index in [4.69, 9.17) is 0 Å². The summed E-state index contributed by atoms with van der Waals surface area (Å²) < 4.78 is 0.967. The van der Waals surface area contributed by atoms with Gasteiger partial charge in [-0.1, -0.05) is 36.7 Å². The number of nitriles is 1. The van der Waals surface area contributed by atoms with Gasteiger partial charge in [0.25, 0.3) is 0 Å². The predicted molar refractivity (Wildman–Crippen MR) is 78.6 cm³/mol. The molecule has 1 unspecified atom stereocenters. The van der Waals surface area contributed by atoms with Crippen LogP contribution >= 0.6 is 15.9 Å². The third-order valence-electron chi connectivity index (χ3n) is 3.83. The molecule has 2 nitrogen and oxygen atoms in total. The summed E-state index contributed by atoms with van der Waals surface area (Å²) in [4.78, 5) is 2.35. The highest BCUT2D eigenvalue weighted by atomic mass is 79.9. The summed E-state index contributed by atoms with van der Waals surface area (Å²) in [6.07, 6.45) is 1.21. The number of hydrogen-bond acceptors (Lipinski definition) is 2. The Morgan fingerprint density at radius 1 is 1.39 bits per heavy atom. The average Bonchev–Trinajstić information content (AvgIpc) is 2.77. The summed E-state index contributed by atoms with van der Waals surface area (Å²) in [7, 11) is 0. The van der Waals surface area contributed by atoms with Crippen molar-refractivity contribution >= 4 is 21.6 Å². The average molecular weight is 307 g/mol. The van der Waals surface area contributed by atoms with Crippen LogP contribution in [-0.4, -0.2) is 13.1 Å². The molecule has 0 aliphatic carbocycles. The molecule has 0 amide bonds. The first-order valence-corrected chi connectivity index (χ1v) is 7.15. The van der Waals surface area contributed by atoms with E-state index in [0.29, 0.717) is 11.3 Å². The second-order valence-corrected chi connectivity index (χ2v) is 6.99. The van der Waals surface area contributed by atoms with Gasteiger partial charge in [-0.05, 0) is 36.0 Å². The fraction of sp³-hybridized carbons (Fsp3) is 0.533. The van der Waals surface area contributed by atoms with Gasteiger partial charge in [-0.25, -0.2) is 0 Å². The van der Waals surface area contributed by atoms with E-state index in [-0.39, 0.29) is 0 Å². The third kappa shape index (κ3) is 2.70. The van der Waals surface area contributed by atoms with Crippen molar-refractivity contribution in [1.82, 2.24) is 0 Å². The number of hydrogen-bond donors (Lipinski definition) is 0. The van der Waals surface area contributed by atoms with Gasteiger partial charge in [0.1, 0.15) is 6.07 Å². The highest BCUT2D eigenvalue weighted by Gasteiger charge is 2.32. The minimum Gasteiger partial charge on any atom is -0.370 e. The molecule has 1 atom stereocenters. The van der Waals surface area contributed by atoms with Crippen molar-refractivity contribution in [1.29, 1.82) is 5.26 Å². The Morgan fingerprint density at radius 2 is 2.11 bits per heavy atom. The van der Waals surface area contributed by atoms with E-state index >= 15 is 0 Å². The van der Waals surface area contributed by atoms with Crippen molar-refractivity contribution in [2.75, 3.05) is 18.0 Å². The van der Waals surface area contributed by atoms with Gasteiger partial charge in [0.2, 0.25) is 0 Å². The zero-order valence-corrected chi connectivity index (χ0v) is 12.8. The molecule has 1 aromatic carbocycles. The van der Waals surface area contributed by atoms with Gasteiger partial charge in [-0.3, -0.25) is 0 Å². The van der Waals surface area contributed by atoms with Gasteiger partial charge >= 0.3 is 0 Å². The first kappa shape index (κ1) is 13.4. The van der Waals surface area contributed by atoms with E-state index in [0.717, 1.165) is 28.8 Å². The van der Waals surface area contributed by atoms with Crippen molar-refractivity contribution < 1.29 is 0 Å². The lowest BCUT2D eigenvalue weighted by Crippen LogP contribution is -2.26. The molecular weight excluding hydrogens is 288 g/mol. The Bertz CT molecular complexity index is 482. The van der Waals surface area contributed by atoms with E-state index in [9.17, 15) is 5.26 Å². The maximum atomic E-state index is 9.23. The quantitative estimate of drug-likeness (QED) is 0.778. The molecule has 18 heavy (non-hydrogen) atoms. The van der Waals surface area contributed by atoms with Crippen molar-refractivity contribution in [3.63, 3.8) is 0 Å². The number of rotatable bonds is 1. The molecular formula is C15H19BrN2. The van der Waals surface area contributed by atoms with Crippen LogP contribution in [0, 0.1) is 22.7 Å². The smallest absolute Gasteiger partial charge is 0.101 e. The van der Waals surface area contributed by atoms with Crippen molar-refractivity contribution in [3.05, 3.63) is 28.2 Å². The Labute approximate surface area is 118 Å². The van der Waals surface area contributed by atoms with Crippen LogP contribution in [-0.2, 0) is 0 Å². The number of nitrogens with zero attached hydrogens (tertiary/aromatic N) is 2. The topological polar surface area (TPSA) is 27.0 Å². The van der Waals surface area contributed by atoms with Crippen molar-refractivity contribution in [2.24, 2.45) is 11.3 Å². The molecule has 1 aliphatic rings. The molecule has 1 heterocycles. The first-order chi connectivity index (χ1) is 8.41. The Morgan fingerprint density at radius 3 is 2.67 bits per heavy atom. The molecule has 0 spiro atoms. The van der Waals surface area contributed by atoms with Crippen LogP contribution in [0.1, 0.15) is 32.8 Å². The number of halogens is 1. The van der Waals surface area contributed by atoms with E-state index in [2.05, 4.69) is 47.7 Å². The van der Waals surface area contributed by atoms with Crippen LogP contribution in [0.2, 0.25) is 0 Å². The highest BCUT2D eigenvalue weighted by Crippen LogP contribution is 2.36. The molecule has 1 fully saturated rings. The zero-order chi connectivity index (χ0) is 13.3. The predicted octanol–water partition coefficient (Wildman–Crippen LogP) is 4.19. The van der Waals surface area contributed by atoms with Crippen LogP contribution in [0.4, 0.5) is 5.69 Å². The SMILES string of the molecule is CC(C)(C)C1CCN(c2ccc(Br)cc2C#N)C1. The lowest BCUT2D eigenvalue weighted by atomic mass is 9.80. The molecule has 1 aliphatic heterocycles. The summed E-state index contributed by atoms with van der Waals surface area (Å²) in [6, 6.07) is 8.26. The summed E-state index contributed by atoms with van der Waals surface area (Å²) in [5.41, 5.74) is 2.18. The lowest BCUT2D eigenvalue weighted by molar-refractivity contribution is 0.263. The molecule has 96 valence electrons. The van der Waals surface area contributed by atoms with Gasteiger partial charge < -0.3 is 4.90 Å². The fourth-order valence-electron chi connectivity index (χ4n) is 2.56. The second kappa shape index (κ2) is 4.93. The molecule has 0 bridgehead atoms. The molecule has 2 rings (SSSR count). The van der Waals surface area contributed by atoms with E-state index < -0.39 is 0 Å². The number of anilines is 1. The Balaban J connectivity index is 2.23. The minimum absolute atomic E-state index is 0.344. The molecule has 3 heteroatoms. The maximum absolute atomic E-state index is 9.23. The zero-order valence-electron chi connectivity index (χ0n) is 11.2.